The molecule has 0 aliphatic rings. The van der Waals surface area contributed by atoms with E-state index in [9.17, 15) is 18.4 Å². The van der Waals surface area contributed by atoms with Crippen molar-refractivity contribution in [1.29, 1.82) is 0 Å². The number of thioether (sulfide) groups is 1. The predicted octanol–water partition coefficient (Wildman–Crippen LogP) is 4.08. The molecule has 1 amide bonds. The molecule has 26 heavy (non-hydrogen) atoms. The minimum Gasteiger partial charge on any atom is -0.452 e. The van der Waals surface area contributed by atoms with E-state index in [2.05, 4.69) is 5.32 Å². The van der Waals surface area contributed by atoms with E-state index >= 15 is 0 Å². The van der Waals surface area contributed by atoms with Gasteiger partial charge in [-0.15, -0.1) is 11.8 Å². The second-order valence-electron chi connectivity index (χ2n) is 5.72. The minimum absolute atomic E-state index is 0.0937. The Bertz CT molecular complexity index is 781. The molecule has 0 bridgehead atoms. The molecule has 0 aromatic heterocycles. The Morgan fingerprint density at radius 2 is 1.85 bits per heavy atom. The molecule has 0 fully saturated rings. The molecule has 2 rings (SSSR count). The molecular weight excluding hydrogens is 360 g/mol. The van der Waals surface area contributed by atoms with Gasteiger partial charge >= 0.3 is 5.97 Å². The standard InChI is InChI=1S/C19H19F2NO3S/c1-12-3-5-14(6-4-12)10-26-11-18(23)25-13(2)19(24)22-17-8-7-15(20)9-16(17)21/h3-9,13H,10-11H2,1-2H3,(H,22,24)/t13-/m1/s1. The van der Waals surface area contributed by atoms with Gasteiger partial charge in [0.15, 0.2) is 6.10 Å². The summed E-state index contributed by atoms with van der Waals surface area (Å²) in [5, 5.41) is 2.27. The first kappa shape index (κ1) is 19.9. The van der Waals surface area contributed by atoms with Gasteiger partial charge in [-0.3, -0.25) is 9.59 Å². The number of ether oxygens (including phenoxy) is 1. The summed E-state index contributed by atoms with van der Waals surface area (Å²) < 4.78 is 31.4. The molecule has 1 atom stereocenters. The molecule has 7 heteroatoms. The second kappa shape index (κ2) is 9.33. The van der Waals surface area contributed by atoms with Crippen LogP contribution in [0.3, 0.4) is 0 Å². The number of aryl methyl sites for hydroxylation is 1. The molecule has 0 heterocycles. The third-order valence-electron chi connectivity index (χ3n) is 3.48. The van der Waals surface area contributed by atoms with Crippen molar-refractivity contribution in [2.45, 2.75) is 25.7 Å². The second-order valence-corrected chi connectivity index (χ2v) is 6.71. The molecule has 0 saturated heterocycles. The number of amides is 1. The van der Waals surface area contributed by atoms with Crippen molar-refractivity contribution in [2.75, 3.05) is 11.1 Å². The number of hydrogen-bond donors (Lipinski definition) is 1. The van der Waals surface area contributed by atoms with Crippen LogP contribution >= 0.6 is 11.8 Å². The summed E-state index contributed by atoms with van der Waals surface area (Å²) in [6, 6.07) is 10.8. The van der Waals surface area contributed by atoms with Crippen LogP contribution in [0, 0.1) is 18.6 Å². The van der Waals surface area contributed by atoms with E-state index in [0.717, 1.165) is 23.3 Å². The number of anilines is 1. The molecule has 138 valence electrons. The molecule has 1 N–H and O–H groups in total. The fraction of sp³-hybridized carbons (Fsp3) is 0.263. The van der Waals surface area contributed by atoms with Crippen molar-refractivity contribution in [3.05, 3.63) is 65.2 Å². The third-order valence-corrected chi connectivity index (χ3v) is 4.45. The molecule has 4 nitrogen and oxygen atoms in total. The zero-order valence-corrected chi connectivity index (χ0v) is 15.2. The largest absolute Gasteiger partial charge is 0.452 e. The highest BCUT2D eigenvalue weighted by molar-refractivity contribution is 7.99. The fourth-order valence-electron chi connectivity index (χ4n) is 2.05. The average molecular weight is 379 g/mol. The molecule has 0 unspecified atom stereocenters. The quantitative estimate of drug-likeness (QED) is 0.737. The average Bonchev–Trinajstić information content (AvgIpc) is 2.59. The van der Waals surface area contributed by atoms with Gasteiger partial charge in [-0.05, 0) is 31.5 Å². The summed E-state index contributed by atoms with van der Waals surface area (Å²) in [6.45, 7) is 3.39. The van der Waals surface area contributed by atoms with E-state index in [4.69, 9.17) is 4.74 Å². The summed E-state index contributed by atoms with van der Waals surface area (Å²) in [5.74, 6) is -2.12. The van der Waals surface area contributed by atoms with Gasteiger partial charge in [0.25, 0.3) is 5.91 Å². The molecule has 0 radical (unpaired) electrons. The van der Waals surface area contributed by atoms with Gasteiger partial charge in [-0.25, -0.2) is 8.78 Å². The van der Waals surface area contributed by atoms with Crippen molar-refractivity contribution in [3.8, 4) is 0 Å². The fourth-order valence-corrected chi connectivity index (χ4v) is 2.81. The Kier molecular flexibility index (Phi) is 7.15. The van der Waals surface area contributed by atoms with Gasteiger partial charge in [0, 0.05) is 11.8 Å². The topological polar surface area (TPSA) is 55.4 Å². The SMILES string of the molecule is Cc1ccc(CSCC(=O)O[C@H](C)C(=O)Nc2ccc(F)cc2F)cc1. The van der Waals surface area contributed by atoms with Crippen molar-refractivity contribution < 1.29 is 23.1 Å². The van der Waals surface area contributed by atoms with Gasteiger partial charge in [0.05, 0.1) is 11.4 Å². The molecule has 0 aliphatic carbocycles. The minimum atomic E-state index is -1.09. The van der Waals surface area contributed by atoms with Crippen molar-refractivity contribution >= 4 is 29.3 Å². The van der Waals surface area contributed by atoms with Crippen LogP contribution in [0.5, 0.6) is 0 Å². The lowest BCUT2D eigenvalue weighted by Crippen LogP contribution is -2.30. The first-order valence-electron chi connectivity index (χ1n) is 7.94. The maximum Gasteiger partial charge on any atom is 0.316 e. The molecule has 0 aliphatic heterocycles. The molecule has 2 aromatic carbocycles. The van der Waals surface area contributed by atoms with Crippen molar-refractivity contribution in [1.82, 2.24) is 0 Å². The Labute approximate surface area is 154 Å². The number of nitrogens with one attached hydrogen (secondary N) is 1. The monoisotopic (exact) mass is 379 g/mol. The highest BCUT2D eigenvalue weighted by Gasteiger charge is 2.19. The summed E-state index contributed by atoms with van der Waals surface area (Å²) in [6.07, 6.45) is -1.09. The van der Waals surface area contributed by atoms with Crippen LogP contribution in [-0.4, -0.2) is 23.7 Å². The first-order chi connectivity index (χ1) is 12.3. The Morgan fingerprint density at radius 3 is 2.50 bits per heavy atom. The molecular formula is C19H19F2NO3S. The zero-order chi connectivity index (χ0) is 19.1. The highest BCUT2D eigenvalue weighted by atomic mass is 32.2. The number of carbonyl (C=O) groups excluding carboxylic acids is 2. The third kappa shape index (κ3) is 6.15. The van der Waals surface area contributed by atoms with Crippen LogP contribution < -0.4 is 5.32 Å². The number of halogens is 2. The number of rotatable bonds is 7. The van der Waals surface area contributed by atoms with Crippen LogP contribution in [0.25, 0.3) is 0 Å². The molecule has 0 spiro atoms. The van der Waals surface area contributed by atoms with Crippen LogP contribution in [0.1, 0.15) is 18.1 Å². The van der Waals surface area contributed by atoms with Crippen molar-refractivity contribution in [3.63, 3.8) is 0 Å². The highest BCUT2D eigenvalue weighted by Crippen LogP contribution is 2.16. The number of benzene rings is 2. The Balaban J connectivity index is 1.76. The van der Waals surface area contributed by atoms with Gasteiger partial charge < -0.3 is 10.1 Å². The predicted molar refractivity (Wildman–Crippen MR) is 97.9 cm³/mol. The Morgan fingerprint density at radius 1 is 1.15 bits per heavy atom. The van der Waals surface area contributed by atoms with E-state index in [1.54, 1.807) is 0 Å². The summed E-state index contributed by atoms with van der Waals surface area (Å²) >= 11 is 1.37. The first-order valence-corrected chi connectivity index (χ1v) is 9.09. The lowest BCUT2D eigenvalue weighted by atomic mass is 10.2. The van der Waals surface area contributed by atoms with Gasteiger partial charge in [0.1, 0.15) is 11.6 Å². The van der Waals surface area contributed by atoms with Gasteiger partial charge in [0.2, 0.25) is 0 Å². The molecule has 0 saturated carbocycles. The van der Waals surface area contributed by atoms with E-state index in [0.29, 0.717) is 11.8 Å². The van der Waals surface area contributed by atoms with Crippen LogP contribution in [0.2, 0.25) is 0 Å². The molecule has 2 aromatic rings. The number of carbonyl (C=O) groups is 2. The summed E-state index contributed by atoms with van der Waals surface area (Å²) in [5.41, 5.74) is 2.08. The number of hydrogen-bond acceptors (Lipinski definition) is 4. The van der Waals surface area contributed by atoms with Crippen LogP contribution in [0.15, 0.2) is 42.5 Å². The normalized spacial score (nSPS) is 11.7. The van der Waals surface area contributed by atoms with E-state index in [1.165, 1.54) is 18.7 Å². The summed E-state index contributed by atoms with van der Waals surface area (Å²) in [7, 11) is 0. The maximum absolute atomic E-state index is 13.5. The van der Waals surface area contributed by atoms with Gasteiger partial charge in [-0.2, -0.15) is 0 Å². The zero-order valence-electron chi connectivity index (χ0n) is 14.4. The van der Waals surface area contributed by atoms with E-state index in [1.807, 2.05) is 31.2 Å². The number of esters is 1. The lowest BCUT2D eigenvalue weighted by molar-refractivity contribution is -0.150. The lowest BCUT2D eigenvalue weighted by Gasteiger charge is -2.14. The summed E-state index contributed by atoms with van der Waals surface area (Å²) in [4.78, 5) is 23.8. The Hall–Kier alpha value is -2.41. The van der Waals surface area contributed by atoms with Crippen molar-refractivity contribution in [2.24, 2.45) is 0 Å². The van der Waals surface area contributed by atoms with E-state index < -0.39 is 29.6 Å². The van der Waals surface area contributed by atoms with Gasteiger partial charge in [-0.1, -0.05) is 29.8 Å². The van der Waals surface area contributed by atoms with Crippen LogP contribution in [-0.2, 0) is 20.1 Å². The smallest absolute Gasteiger partial charge is 0.316 e. The maximum atomic E-state index is 13.5. The van der Waals surface area contributed by atoms with E-state index in [-0.39, 0.29) is 11.4 Å². The van der Waals surface area contributed by atoms with Crippen LogP contribution in [0.4, 0.5) is 14.5 Å².